The highest BCUT2D eigenvalue weighted by Gasteiger charge is 2.17. The SMILES string of the molecule is C[C@@H](Oc1cccc(I)c1)C(=O)c1cccc(Cl)c1. The summed E-state index contributed by atoms with van der Waals surface area (Å²) in [5, 5.41) is 0.548. The minimum absolute atomic E-state index is 0.0821. The second-order valence-electron chi connectivity index (χ2n) is 4.09. The molecular weight excluding hydrogens is 375 g/mol. The normalized spacial score (nSPS) is 11.9. The van der Waals surface area contributed by atoms with Gasteiger partial charge in [0.05, 0.1) is 0 Å². The van der Waals surface area contributed by atoms with Crippen LogP contribution in [-0.4, -0.2) is 11.9 Å². The maximum atomic E-state index is 12.2. The fourth-order valence-electron chi connectivity index (χ4n) is 1.67. The van der Waals surface area contributed by atoms with Crippen LogP contribution in [0.15, 0.2) is 48.5 Å². The van der Waals surface area contributed by atoms with Crippen molar-refractivity contribution < 1.29 is 9.53 Å². The molecule has 2 nitrogen and oxygen atoms in total. The van der Waals surface area contributed by atoms with Crippen molar-refractivity contribution in [2.75, 3.05) is 0 Å². The van der Waals surface area contributed by atoms with E-state index in [4.69, 9.17) is 16.3 Å². The summed E-state index contributed by atoms with van der Waals surface area (Å²) >= 11 is 8.08. The van der Waals surface area contributed by atoms with E-state index < -0.39 is 6.10 Å². The van der Waals surface area contributed by atoms with Crippen molar-refractivity contribution in [1.29, 1.82) is 0 Å². The van der Waals surface area contributed by atoms with E-state index in [0.717, 1.165) is 3.57 Å². The molecule has 0 aromatic heterocycles. The first kappa shape index (κ1) is 14.3. The van der Waals surface area contributed by atoms with Crippen molar-refractivity contribution in [3.05, 3.63) is 62.7 Å². The van der Waals surface area contributed by atoms with Crippen LogP contribution in [0.2, 0.25) is 5.02 Å². The maximum Gasteiger partial charge on any atom is 0.203 e. The molecule has 0 aliphatic heterocycles. The molecule has 0 aliphatic carbocycles. The Morgan fingerprint density at radius 2 is 1.95 bits per heavy atom. The number of ether oxygens (including phenoxy) is 1. The minimum Gasteiger partial charge on any atom is -0.483 e. The van der Waals surface area contributed by atoms with Gasteiger partial charge in [-0.15, -0.1) is 0 Å². The van der Waals surface area contributed by atoms with E-state index in [-0.39, 0.29) is 5.78 Å². The van der Waals surface area contributed by atoms with Gasteiger partial charge in [0.15, 0.2) is 6.10 Å². The Bertz CT molecular complexity index is 598. The van der Waals surface area contributed by atoms with Crippen LogP contribution in [0.4, 0.5) is 0 Å². The fraction of sp³-hybridized carbons (Fsp3) is 0.133. The van der Waals surface area contributed by atoms with E-state index in [0.29, 0.717) is 16.3 Å². The number of Topliss-reactive ketones (excluding diaryl/α,β-unsaturated/α-hetero) is 1. The van der Waals surface area contributed by atoms with E-state index in [1.165, 1.54) is 0 Å². The molecule has 0 saturated carbocycles. The van der Waals surface area contributed by atoms with Crippen LogP contribution in [0.1, 0.15) is 17.3 Å². The van der Waals surface area contributed by atoms with Crippen molar-refractivity contribution in [1.82, 2.24) is 0 Å². The highest BCUT2D eigenvalue weighted by Crippen LogP contribution is 2.18. The average Bonchev–Trinajstić information content (AvgIpc) is 2.38. The molecule has 2 aromatic carbocycles. The molecule has 1 atom stereocenters. The molecule has 0 radical (unpaired) electrons. The van der Waals surface area contributed by atoms with E-state index in [2.05, 4.69) is 22.6 Å². The first-order valence-corrected chi connectivity index (χ1v) is 7.24. The topological polar surface area (TPSA) is 26.3 Å². The maximum absolute atomic E-state index is 12.2. The number of carbonyl (C=O) groups is 1. The van der Waals surface area contributed by atoms with Gasteiger partial charge in [0.1, 0.15) is 5.75 Å². The lowest BCUT2D eigenvalue weighted by Gasteiger charge is -2.14. The van der Waals surface area contributed by atoms with E-state index >= 15 is 0 Å². The van der Waals surface area contributed by atoms with Gasteiger partial charge in [-0.25, -0.2) is 0 Å². The zero-order valence-corrected chi connectivity index (χ0v) is 13.2. The highest BCUT2D eigenvalue weighted by molar-refractivity contribution is 14.1. The summed E-state index contributed by atoms with van der Waals surface area (Å²) < 4.78 is 6.72. The lowest BCUT2D eigenvalue weighted by Crippen LogP contribution is -2.23. The van der Waals surface area contributed by atoms with Crippen LogP contribution in [0.3, 0.4) is 0 Å². The molecule has 0 bridgehead atoms. The summed E-state index contributed by atoms with van der Waals surface area (Å²) in [5.41, 5.74) is 0.561. The smallest absolute Gasteiger partial charge is 0.203 e. The third-order valence-corrected chi connectivity index (χ3v) is 3.49. The van der Waals surface area contributed by atoms with Crippen molar-refractivity contribution in [2.24, 2.45) is 0 Å². The molecule has 0 fully saturated rings. The van der Waals surface area contributed by atoms with E-state index in [1.807, 2.05) is 24.3 Å². The predicted octanol–water partition coefficient (Wildman–Crippen LogP) is 4.59. The van der Waals surface area contributed by atoms with Crippen molar-refractivity contribution in [3.8, 4) is 5.75 Å². The Balaban J connectivity index is 2.12. The molecule has 0 aliphatic rings. The molecule has 0 saturated heterocycles. The molecular formula is C15H12ClIO2. The second-order valence-corrected chi connectivity index (χ2v) is 5.77. The number of carbonyl (C=O) groups excluding carboxylic acids is 1. The number of rotatable bonds is 4. The Kier molecular flexibility index (Phi) is 4.82. The predicted molar refractivity (Wildman–Crippen MR) is 85.0 cm³/mol. The summed E-state index contributed by atoms with van der Waals surface area (Å²) in [7, 11) is 0. The van der Waals surface area contributed by atoms with Crippen LogP contribution in [0, 0.1) is 3.57 Å². The first-order chi connectivity index (χ1) is 9.06. The lowest BCUT2D eigenvalue weighted by atomic mass is 10.1. The largest absolute Gasteiger partial charge is 0.483 e. The van der Waals surface area contributed by atoms with Crippen LogP contribution in [0.5, 0.6) is 5.75 Å². The van der Waals surface area contributed by atoms with Gasteiger partial charge in [0.25, 0.3) is 0 Å². The van der Waals surface area contributed by atoms with Crippen LogP contribution in [-0.2, 0) is 0 Å². The van der Waals surface area contributed by atoms with Crippen LogP contribution < -0.4 is 4.74 Å². The molecule has 0 amide bonds. The van der Waals surface area contributed by atoms with E-state index in [9.17, 15) is 4.79 Å². The van der Waals surface area contributed by atoms with Crippen molar-refractivity contribution in [2.45, 2.75) is 13.0 Å². The summed E-state index contributed by atoms with van der Waals surface area (Å²) in [4.78, 5) is 12.2. The Labute approximate surface area is 130 Å². The van der Waals surface area contributed by atoms with Gasteiger partial charge in [-0.1, -0.05) is 29.8 Å². The quantitative estimate of drug-likeness (QED) is 0.567. The van der Waals surface area contributed by atoms with Crippen molar-refractivity contribution in [3.63, 3.8) is 0 Å². The fourth-order valence-corrected chi connectivity index (χ4v) is 2.38. The van der Waals surface area contributed by atoms with Gasteiger partial charge in [0.2, 0.25) is 5.78 Å². The zero-order valence-electron chi connectivity index (χ0n) is 10.3. The monoisotopic (exact) mass is 386 g/mol. The molecule has 0 N–H and O–H groups in total. The minimum atomic E-state index is -0.545. The van der Waals surface area contributed by atoms with Gasteiger partial charge in [0, 0.05) is 14.2 Å². The number of benzene rings is 2. The summed E-state index contributed by atoms with van der Waals surface area (Å²) in [5.74, 6) is 0.608. The van der Waals surface area contributed by atoms with Gasteiger partial charge in [-0.3, -0.25) is 4.79 Å². The summed E-state index contributed by atoms with van der Waals surface area (Å²) in [6.45, 7) is 1.74. The molecule has 4 heteroatoms. The average molecular weight is 387 g/mol. The van der Waals surface area contributed by atoms with Crippen LogP contribution >= 0.6 is 34.2 Å². The van der Waals surface area contributed by atoms with E-state index in [1.54, 1.807) is 31.2 Å². The standard InChI is InChI=1S/C15H12ClIO2/c1-10(19-14-7-3-6-13(17)9-14)15(18)11-4-2-5-12(16)8-11/h2-10H,1H3/t10-/m1/s1. The molecule has 2 rings (SSSR count). The van der Waals surface area contributed by atoms with Gasteiger partial charge in [-0.05, 0) is 59.8 Å². The van der Waals surface area contributed by atoms with Gasteiger partial charge >= 0.3 is 0 Å². The summed E-state index contributed by atoms with van der Waals surface area (Å²) in [6, 6.07) is 14.5. The number of ketones is 1. The number of halogens is 2. The van der Waals surface area contributed by atoms with Gasteiger partial charge < -0.3 is 4.74 Å². The highest BCUT2D eigenvalue weighted by atomic mass is 127. The number of hydrogen-bond donors (Lipinski definition) is 0. The van der Waals surface area contributed by atoms with Crippen molar-refractivity contribution >= 4 is 40.0 Å². The van der Waals surface area contributed by atoms with Crippen LogP contribution in [0.25, 0.3) is 0 Å². The third-order valence-electron chi connectivity index (χ3n) is 2.59. The molecule has 0 heterocycles. The summed E-state index contributed by atoms with van der Waals surface area (Å²) in [6.07, 6.45) is -0.545. The molecule has 2 aromatic rings. The second kappa shape index (κ2) is 6.39. The van der Waals surface area contributed by atoms with Gasteiger partial charge in [-0.2, -0.15) is 0 Å². The first-order valence-electron chi connectivity index (χ1n) is 5.78. The lowest BCUT2D eigenvalue weighted by molar-refractivity contribution is 0.0818. The Hall–Kier alpha value is -1.07. The molecule has 0 spiro atoms. The third kappa shape index (κ3) is 3.94. The number of hydrogen-bond acceptors (Lipinski definition) is 2. The molecule has 19 heavy (non-hydrogen) atoms. The molecule has 0 unspecified atom stereocenters. The Morgan fingerprint density at radius 3 is 2.63 bits per heavy atom. The molecule has 98 valence electrons. The zero-order chi connectivity index (χ0) is 13.8. The Morgan fingerprint density at radius 1 is 1.21 bits per heavy atom.